The fourth-order valence-electron chi connectivity index (χ4n) is 20.7. The Hall–Kier alpha value is -14.0. The predicted molar refractivity (Wildman–Crippen MR) is 558 cm³/mol. The normalized spacial score (nSPS) is 13.1. The van der Waals surface area contributed by atoms with Crippen LogP contribution in [0.3, 0.4) is 0 Å². The van der Waals surface area contributed by atoms with Crippen molar-refractivity contribution in [1.82, 2.24) is 0 Å². The van der Waals surface area contributed by atoms with E-state index < -0.39 is 0 Å². The number of benzene rings is 16. The van der Waals surface area contributed by atoms with Crippen molar-refractivity contribution in [3.05, 3.63) is 384 Å². The Morgan fingerprint density at radius 3 is 0.800 bits per heavy atom. The molecule has 8 nitrogen and oxygen atoms in total. The third-order valence-electron chi connectivity index (χ3n) is 27.9. The van der Waals surface area contributed by atoms with Crippen molar-refractivity contribution >= 4 is 192 Å². The van der Waals surface area contributed by atoms with Crippen molar-refractivity contribution in [3.8, 4) is 0 Å². The Balaban J connectivity index is 0.000000157. The van der Waals surface area contributed by atoms with Crippen LogP contribution >= 0.6 is 0 Å². The average Bonchev–Trinajstić information content (AvgIpc) is 0.820. The zero-order valence-electron chi connectivity index (χ0n) is 77.6. The molecular formula is C120H112B2N6O2. The van der Waals surface area contributed by atoms with Gasteiger partial charge in [0.25, 0.3) is 13.4 Å². The lowest BCUT2D eigenvalue weighted by Gasteiger charge is -2.45. The summed E-state index contributed by atoms with van der Waals surface area (Å²) >= 11 is 0. The van der Waals surface area contributed by atoms with Gasteiger partial charge in [-0.3, -0.25) is 0 Å². The van der Waals surface area contributed by atoms with Gasteiger partial charge in [0, 0.05) is 101 Å². The summed E-state index contributed by atoms with van der Waals surface area (Å²) in [5.41, 5.74) is 42.5. The molecule has 0 saturated heterocycles. The summed E-state index contributed by atoms with van der Waals surface area (Å²) in [7, 11) is 0. The molecule has 10 heteroatoms. The minimum absolute atomic E-state index is 0.00203. The van der Waals surface area contributed by atoms with Gasteiger partial charge in [0.05, 0.1) is 22.7 Å². The summed E-state index contributed by atoms with van der Waals surface area (Å²) in [6, 6.07) is 128. The van der Waals surface area contributed by atoms with E-state index in [4.69, 9.17) is 8.83 Å². The Morgan fingerprint density at radius 2 is 0.477 bits per heavy atom. The lowest BCUT2D eigenvalue weighted by Crippen LogP contribution is -2.61. The monoisotopic (exact) mass is 1690 g/mol. The van der Waals surface area contributed by atoms with Gasteiger partial charge in [-0.05, 0) is 270 Å². The third kappa shape index (κ3) is 14.2. The molecule has 2 aromatic heterocycles. The van der Waals surface area contributed by atoms with E-state index in [1.165, 1.54) is 123 Å². The van der Waals surface area contributed by atoms with Gasteiger partial charge in [0.2, 0.25) is 0 Å². The SMILES string of the molecule is CC(C)c1ccc(N2c3cc(C(C)C)ccc3B3c4ccc(C(C)C)cc4N(c4ccc(C(C)C)cc4)c4cc(N(c5ccccc5)c5cccc6c5oc5ccccc56)cc2c43)cc1.CC(C)c1ccc(N2c3ccc(C(C)C)cc3B3c4cc(C(C)C)ccc4N(c4ccc(C(C)C)cc4)c4cc(N(c5ccccc5)c5cccc6c5oc5ccccc56)cc2c43)cc1. The van der Waals surface area contributed by atoms with Gasteiger partial charge in [-0.2, -0.15) is 0 Å². The highest BCUT2D eigenvalue weighted by molar-refractivity contribution is 7.01. The molecule has 0 atom stereocenters. The lowest BCUT2D eigenvalue weighted by atomic mass is 9.33. The van der Waals surface area contributed by atoms with Crippen LogP contribution in [-0.4, -0.2) is 13.4 Å². The van der Waals surface area contributed by atoms with Gasteiger partial charge in [-0.1, -0.05) is 305 Å². The molecule has 22 rings (SSSR count). The van der Waals surface area contributed by atoms with Gasteiger partial charge >= 0.3 is 0 Å². The van der Waals surface area contributed by atoms with Crippen LogP contribution < -0.4 is 62.2 Å². The zero-order valence-corrected chi connectivity index (χ0v) is 77.6. The Kier molecular flexibility index (Phi) is 21.2. The van der Waals surface area contributed by atoms with Crippen LogP contribution in [0.2, 0.25) is 0 Å². The molecule has 18 aromatic rings. The standard InChI is InChI=1S/2C60H56BN3O/c1-37(2)41-21-27-46(28-22-41)63-53-31-25-43(39(5)6)33-51(53)61-52-34-44(40(7)8)26-32-54(52)64(47-29-23-42(24-30-47)38(3)4)57-36-48(35-56(63)59(57)61)62(45-15-10-9-11-16-45)55-19-14-18-50-49-17-12-13-20-58(49)65-60(50)55;1-37(2)41-21-27-46(28-22-41)63-54-33-43(39(5)6)25-31-51(54)61-52-32-26-44(40(7)8)34-55(52)64(47-29-23-42(24-30-47)38(3)4)57-36-48(35-56(63)59(57)61)62(45-15-10-9-11-16-45)53-19-14-18-50-49-17-12-13-20-58(49)65-60(50)53/h2*9-40H,1-8H3. The molecule has 0 unspecified atom stereocenters. The molecule has 0 amide bonds. The highest BCUT2D eigenvalue weighted by Crippen LogP contribution is 2.54. The van der Waals surface area contributed by atoms with Crippen molar-refractivity contribution in [2.24, 2.45) is 0 Å². The van der Waals surface area contributed by atoms with Gasteiger partial charge < -0.3 is 38.2 Å². The maximum Gasteiger partial charge on any atom is 0.252 e. The van der Waals surface area contributed by atoms with E-state index >= 15 is 0 Å². The summed E-state index contributed by atoms with van der Waals surface area (Å²) in [6.07, 6.45) is 0. The van der Waals surface area contributed by atoms with E-state index in [2.05, 4.69) is 480 Å². The first kappa shape index (κ1) is 83.0. The molecule has 0 saturated carbocycles. The fourth-order valence-corrected chi connectivity index (χ4v) is 20.7. The zero-order chi connectivity index (χ0) is 89.3. The number of hydrogen-bond donors (Lipinski definition) is 0. The Labute approximate surface area is 767 Å². The summed E-state index contributed by atoms with van der Waals surface area (Å²) < 4.78 is 13.7. The summed E-state index contributed by atoms with van der Waals surface area (Å²) in [6.45, 7) is 36.7. The maximum absolute atomic E-state index is 6.85. The van der Waals surface area contributed by atoms with E-state index in [9.17, 15) is 0 Å². The van der Waals surface area contributed by atoms with Crippen molar-refractivity contribution in [2.75, 3.05) is 29.4 Å². The minimum atomic E-state index is -0.00203. The number of rotatable bonds is 18. The largest absolute Gasteiger partial charge is 0.454 e. The van der Waals surface area contributed by atoms with Gasteiger partial charge in [-0.15, -0.1) is 0 Å². The molecule has 0 spiro atoms. The van der Waals surface area contributed by atoms with Crippen LogP contribution in [0.4, 0.5) is 102 Å². The van der Waals surface area contributed by atoms with E-state index in [-0.39, 0.29) is 13.4 Å². The van der Waals surface area contributed by atoms with E-state index in [1.807, 2.05) is 0 Å². The van der Waals surface area contributed by atoms with Crippen LogP contribution in [0.5, 0.6) is 0 Å². The van der Waals surface area contributed by atoms with Crippen molar-refractivity contribution < 1.29 is 8.83 Å². The molecule has 130 heavy (non-hydrogen) atoms. The van der Waals surface area contributed by atoms with E-state index in [1.54, 1.807) is 0 Å². The molecule has 0 bridgehead atoms. The molecular weight excluding hydrogens is 1580 g/mol. The van der Waals surface area contributed by atoms with Crippen molar-refractivity contribution in [1.29, 1.82) is 0 Å². The van der Waals surface area contributed by atoms with Gasteiger partial charge in [0.1, 0.15) is 11.2 Å². The second kappa shape index (κ2) is 33.3. The van der Waals surface area contributed by atoms with Crippen molar-refractivity contribution in [2.45, 2.75) is 158 Å². The molecule has 0 fully saturated rings. The Bertz CT molecular complexity index is 7080. The summed E-state index contributed by atoms with van der Waals surface area (Å²) in [5, 5.41) is 4.43. The molecule has 0 aliphatic carbocycles. The summed E-state index contributed by atoms with van der Waals surface area (Å²) in [5.74, 6) is 3.19. The molecule has 4 aliphatic heterocycles. The van der Waals surface area contributed by atoms with E-state index in [0.717, 1.165) is 101 Å². The maximum atomic E-state index is 6.85. The van der Waals surface area contributed by atoms with Crippen molar-refractivity contribution in [3.63, 3.8) is 0 Å². The molecule has 4 aliphatic rings. The van der Waals surface area contributed by atoms with Gasteiger partial charge in [-0.25, -0.2) is 0 Å². The average molecular weight is 1690 g/mol. The second-order valence-corrected chi connectivity index (χ2v) is 38.7. The highest BCUT2D eigenvalue weighted by Gasteiger charge is 2.47. The number of para-hydroxylation sites is 6. The first-order valence-corrected chi connectivity index (χ1v) is 47.1. The number of hydrogen-bond acceptors (Lipinski definition) is 8. The van der Waals surface area contributed by atoms with Gasteiger partial charge in [0.15, 0.2) is 11.2 Å². The van der Waals surface area contributed by atoms with Crippen LogP contribution in [0.15, 0.2) is 349 Å². The first-order chi connectivity index (χ1) is 63.1. The second-order valence-electron chi connectivity index (χ2n) is 38.7. The topological polar surface area (TPSA) is 45.7 Å². The third-order valence-corrected chi connectivity index (χ3v) is 27.9. The molecule has 6 heterocycles. The molecule has 16 aromatic carbocycles. The minimum Gasteiger partial charge on any atom is -0.454 e. The van der Waals surface area contributed by atoms with Crippen LogP contribution in [-0.2, 0) is 0 Å². The highest BCUT2D eigenvalue weighted by atomic mass is 16.3. The first-order valence-electron chi connectivity index (χ1n) is 47.1. The van der Waals surface area contributed by atoms with E-state index in [0.29, 0.717) is 47.3 Å². The molecule has 0 N–H and O–H groups in total. The smallest absolute Gasteiger partial charge is 0.252 e. The lowest BCUT2D eigenvalue weighted by molar-refractivity contribution is 0.668. The fraction of sp³-hybridized carbons (Fsp3) is 0.200. The number of anilines is 18. The predicted octanol–water partition coefficient (Wildman–Crippen LogP) is 31.3. The number of fused-ring (bicyclic) bond motifs is 14. The van der Waals surface area contributed by atoms with Crippen LogP contribution in [0.1, 0.15) is 203 Å². The quantitative estimate of drug-likeness (QED) is 0.0788. The number of furan rings is 2. The number of nitrogens with zero attached hydrogens (tertiary/aromatic N) is 6. The Morgan fingerprint density at radius 1 is 0.208 bits per heavy atom. The van der Waals surface area contributed by atoms with Crippen LogP contribution in [0.25, 0.3) is 43.9 Å². The van der Waals surface area contributed by atoms with Crippen LogP contribution in [0, 0.1) is 0 Å². The molecule has 640 valence electrons. The summed E-state index contributed by atoms with van der Waals surface area (Å²) in [4.78, 5) is 15.0. The molecule has 0 radical (unpaired) electrons.